The Balaban J connectivity index is 2.14. The molecule has 0 amide bonds. The lowest BCUT2D eigenvalue weighted by molar-refractivity contribution is 0.457. The molecule has 1 heterocycles. The first-order chi connectivity index (χ1) is 5.29. The fraction of sp³-hybridized carbons (Fsp3) is 0.750. The van der Waals surface area contributed by atoms with Crippen LogP contribution in [0.2, 0.25) is 0 Å². The second-order valence-electron chi connectivity index (χ2n) is 3.16. The summed E-state index contributed by atoms with van der Waals surface area (Å²) >= 11 is 0. The molecule has 1 aromatic rings. The Morgan fingerprint density at radius 3 is 2.45 bits per heavy atom. The summed E-state index contributed by atoms with van der Waals surface area (Å²) in [5.74, 6) is 0.783. The van der Waals surface area contributed by atoms with Gasteiger partial charge in [0.05, 0.1) is 18.9 Å². The van der Waals surface area contributed by atoms with Crippen molar-refractivity contribution in [1.29, 1.82) is 0 Å². The summed E-state index contributed by atoms with van der Waals surface area (Å²) in [6.07, 6.45) is 5.86. The van der Waals surface area contributed by atoms with Gasteiger partial charge in [-0.15, -0.1) is 0 Å². The highest BCUT2D eigenvalue weighted by atomic mass is 15.5. The molecule has 0 unspecified atom stereocenters. The number of aryl methyl sites for hydroxylation is 1. The van der Waals surface area contributed by atoms with E-state index in [0.29, 0.717) is 0 Å². The maximum absolute atomic E-state index is 4.02. The average Bonchev–Trinajstić information content (AvgIpc) is 2.39. The zero-order chi connectivity index (χ0) is 8.10. The first-order valence-electron chi connectivity index (χ1n) is 4.13. The highest BCUT2D eigenvalue weighted by molar-refractivity contribution is 4.60. The van der Waals surface area contributed by atoms with Gasteiger partial charge in [-0.2, -0.15) is 15.0 Å². The van der Waals surface area contributed by atoms with E-state index >= 15 is 0 Å². The van der Waals surface area contributed by atoms with E-state index in [-0.39, 0.29) is 0 Å². The van der Waals surface area contributed by atoms with Crippen LogP contribution >= 0.6 is 0 Å². The Kier molecular flexibility index (Phi) is 3.08. The van der Waals surface area contributed by atoms with Crippen LogP contribution in [0.1, 0.15) is 26.7 Å². The van der Waals surface area contributed by atoms with Crippen LogP contribution in [0, 0.1) is 5.92 Å². The molecule has 3 nitrogen and oxygen atoms in total. The maximum atomic E-state index is 4.02. The summed E-state index contributed by atoms with van der Waals surface area (Å²) in [6, 6.07) is 0. The van der Waals surface area contributed by atoms with Gasteiger partial charge in [0.25, 0.3) is 0 Å². The van der Waals surface area contributed by atoms with E-state index < -0.39 is 0 Å². The fourth-order valence-electron chi connectivity index (χ4n) is 1.000. The summed E-state index contributed by atoms with van der Waals surface area (Å²) < 4.78 is 0. The minimum absolute atomic E-state index is 0.783. The van der Waals surface area contributed by atoms with E-state index in [1.165, 1.54) is 12.8 Å². The van der Waals surface area contributed by atoms with Crippen molar-refractivity contribution in [3.63, 3.8) is 0 Å². The van der Waals surface area contributed by atoms with Crippen LogP contribution in [0.25, 0.3) is 0 Å². The van der Waals surface area contributed by atoms with Crippen LogP contribution in [0.5, 0.6) is 0 Å². The van der Waals surface area contributed by atoms with Crippen molar-refractivity contribution in [3.8, 4) is 0 Å². The SMILES string of the molecule is CC(C)CCCn1nccn1. The molecule has 0 aromatic carbocycles. The molecule has 0 N–H and O–H groups in total. The lowest BCUT2D eigenvalue weighted by Gasteiger charge is -2.02. The Morgan fingerprint density at radius 2 is 1.91 bits per heavy atom. The molecule has 0 radical (unpaired) electrons. The minimum Gasteiger partial charge on any atom is -0.185 e. The van der Waals surface area contributed by atoms with Gasteiger partial charge in [0.1, 0.15) is 0 Å². The van der Waals surface area contributed by atoms with Crippen LogP contribution in [0.4, 0.5) is 0 Å². The zero-order valence-electron chi connectivity index (χ0n) is 7.20. The lowest BCUT2D eigenvalue weighted by atomic mass is 10.1. The largest absolute Gasteiger partial charge is 0.185 e. The molecule has 62 valence electrons. The first kappa shape index (κ1) is 8.24. The second-order valence-corrected chi connectivity index (χ2v) is 3.16. The Morgan fingerprint density at radius 1 is 1.27 bits per heavy atom. The van der Waals surface area contributed by atoms with Crippen molar-refractivity contribution in [3.05, 3.63) is 12.4 Å². The van der Waals surface area contributed by atoms with E-state index in [1.807, 2.05) is 0 Å². The summed E-state index contributed by atoms with van der Waals surface area (Å²) in [6.45, 7) is 5.41. The second kappa shape index (κ2) is 4.11. The summed E-state index contributed by atoms with van der Waals surface area (Å²) in [5.41, 5.74) is 0. The van der Waals surface area contributed by atoms with E-state index in [2.05, 4.69) is 24.0 Å². The van der Waals surface area contributed by atoms with E-state index in [4.69, 9.17) is 0 Å². The van der Waals surface area contributed by atoms with Gasteiger partial charge in [0.15, 0.2) is 0 Å². The molecule has 0 atom stereocenters. The molecule has 0 aliphatic carbocycles. The van der Waals surface area contributed by atoms with Gasteiger partial charge in [-0.3, -0.25) is 0 Å². The van der Waals surface area contributed by atoms with Crippen LogP contribution in [0.3, 0.4) is 0 Å². The number of hydrogen-bond acceptors (Lipinski definition) is 2. The highest BCUT2D eigenvalue weighted by Gasteiger charge is 1.95. The maximum Gasteiger partial charge on any atom is 0.0693 e. The van der Waals surface area contributed by atoms with Gasteiger partial charge in [-0.05, 0) is 18.8 Å². The summed E-state index contributed by atoms with van der Waals surface area (Å²) in [5, 5.41) is 8.04. The smallest absolute Gasteiger partial charge is 0.0693 e. The standard InChI is InChI=1S/C8H15N3/c1-8(2)4-3-7-11-9-5-6-10-11/h5-6,8H,3-4,7H2,1-2H3. The molecule has 3 heteroatoms. The molecular weight excluding hydrogens is 138 g/mol. The molecule has 1 rings (SSSR count). The Bertz CT molecular complexity index is 179. The third kappa shape index (κ3) is 3.16. The zero-order valence-corrected chi connectivity index (χ0v) is 7.20. The number of hydrogen-bond donors (Lipinski definition) is 0. The third-order valence-electron chi connectivity index (χ3n) is 1.61. The van der Waals surface area contributed by atoms with Crippen molar-refractivity contribution in [2.24, 2.45) is 5.92 Å². The molecule has 0 bridgehead atoms. The topological polar surface area (TPSA) is 30.7 Å². The van der Waals surface area contributed by atoms with E-state index in [0.717, 1.165) is 12.5 Å². The molecule has 0 aliphatic heterocycles. The quantitative estimate of drug-likeness (QED) is 0.659. The Labute approximate surface area is 67.4 Å². The van der Waals surface area contributed by atoms with E-state index in [1.54, 1.807) is 17.2 Å². The fourth-order valence-corrected chi connectivity index (χ4v) is 1.000. The lowest BCUT2D eigenvalue weighted by Crippen LogP contribution is -2.02. The Hall–Kier alpha value is -0.860. The number of nitrogens with zero attached hydrogens (tertiary/aromatic N) is 3. The molecule has 0 saturated carbocycles. The predicted octanol–water partition coefficient (Wildman–Crippen LogP) is 1.71. The van der Waals surface area contributed by atoms with Crippen LogP contribution < -0.4 is 0 Å². The predicted molar refractivity (Wildman–Crippen MR) is 44.1 cm³/mol. The molecule has 0 spiro atoms. The van der Waals surface area contributed by atoms with E-state index in [9.17, 15) is 0 Å². The van der Waals surface area contributed by atoms with Crippen LogP contribution in [-0.2, 0) is 6.54 Å². The molecule has 0 aliphatic rings. The average molecular weight is 153 g/mol. The van der Waals surface area contributed by atoms with Gasteiger partial charge < -0.3 is 0 Å². The van der Waals surface area contributed by atoms with Gasteiger partial charge in [-0.1, -0.05) is 13.8 Å². The summed E-state index contributed by atoms with van der Waals surface area (Å²) in [7, 11) is 0. The number of rotatable bonds is 4. The van der Waals surface area contributed by atoms with Crippen molar-refractivity contribution >= 4 is 0 Å². The van der Waals surface area contributed by atoms with Crippen molar-refractivity contribution in [2.45, 2.75) is 33.2 Å². The summed E-state index contributed by atoms with van der Waals surface area (Å²) in [4.78, 5) is 1.74. The van der Waals surface area contributed by atoms with Crippen molar-refractivity contribution < 1.29 is 0 Å². The molecule has 0 saturated heterocycles. The number of aromatic nitrogens is 3. The van der Waals surface area contributed by atoms with Crippen molar-refractivity contribution in [2.75, 3.05) is 0 Å². The van der Waals surface area contributed by atoms with Gasteiger partial charge in [0.2, 0.25) is 0 Å². The third-order valence-corrected chi connectivity index (χ3v) is 1.61. The molecule has 1 aromatic heterocycles. The highest BCUT2D eigenvalue weighted by Crippen LogP contribution is 2.03. The normalized spacial score (nSPS) is 10.8. The molecule has 11 heavy (non-hydrogen) atoms. The van der Waals surface area contributed by atoms with Crippen molar-refractivity contribution in [1.82, 2.24) is 15.0 Å². The van der Waals surface area contributed by atoms with Crippen LogP contribution in [0.15, 0.2) is 12.4 Å². The monoisotopic (exact) mass is 153 g/mol. The first-order valence-corrected chi connectivity index (χ1v) is 4.13. The minimum atomic E-state index is 0.783. The van der Waals surface area contributed by atoms with Gasteiger partial charge >= 0.3 is 0 Å². The van der Waals surface area contributed by atoms with Crippen LogP contribution in [-0.4, -0.2) is 15.0 Å². The van der Waals surface area contributed by atoms with Gasteiger partial charge in [-0.25, -0.2) is 0 Å². The molecule has 0 fully saturated rings. The van der Waals surface area contributed by atoms with Gasteiger partial charge in [0, 0.05) is 0 Å². The molecular formula is C8H15N3.